The zero-order chi connectivity index (χ0) is 26.8. The van der Waals surface area contributed by atoms with Gasteiger partial charge in [-0.1, -0.05) is 57.9 Å². The van der Waals surface area contributed by atoms with Crippen molar-refractivity contribution in [2.24, 2.45) is 10.3 Å². The SMILES string of the molecule is CCON=C(Sc1ccc(Cl)cc1)c1cc(C)c(OCc2ccccc2/C(=N\OC)C(=O)NC)cc1C. The third-order valence-corrected chi connectivity index (χ3v) is 6.59. The topological polar surface area (TPSA) is 81.5 Å². The molecule has 0 fully saturated rings. The van der Waals surface area contributed by atoms with E-state index in [-0.39, 0.29) is 18.2 Å². The molecule has 37 heavy (non-hydrogen) atoms. The Kier molecular flexibility index (Phi) is 10.4. The molecule has 3 aromatic carbocycles. The van der Waals surface area contributed by atoms with Crippen molar-refractivity contribution in [1.82, 2.24) is 5.32 Å². The average molecular weight is 540 g/mol. The molecule has 3 aromatic rings. The highest BCUT2D eigenvalue weighted by atomic mass is 35.5. The minimum atomic E-state index is -0.343. The fourth-order valence-corrected chi connectivity index (χ4v) is 4.53. The van der Waals surface area contributed by atoms with E-state index in [2.05, 4.69) is 15.6 Å². The molecule has 0 heterocycles. The van der Waals surface area contributed by atoms with Crippen LogP contribution in [-0.2, 0) is 21.1 Å². The summed E-state index contributed by atoms with van der Waals surface area (Å²) < 4.78 is 6.21. The first-order chi connectivity index (χ1) is 17.9. The predicted molar refractivity (Wildman–Crippen MR) is 150 cm³/mol. The number of carbonyl (C=O) groups is 1. The van der Waals surface area contributed by atoms with Crippen LogP contribution in [0.5, 0.6) is 5.75 Å². The van der Waals surface area contributed by atoms with Crippen molar-refractivity contribution >= 4 is 40.0 Å². The number of rotatable bonds is 10. The normalized spacial score (nSPS) is 11.7. The number of ether oxygens (including phenoxy) is 1. The van der Waals surface area contributed by atoms with Crippen LogP contribution in [0.4, 0.5) is 0 Å². The largest absolute Gasteiger partial charge is 0.489 e. The number of thioether (sulfide) groups is 1. The first kappa shape index (κ1) is 28.1. The summed E-state index contributed by atoms with van der Waals surface area (Å²) in [4.78, 5) is 23.7. The minimum Gasteiger partial charge on any atom is -0.489 e. The average Bonchev–Trinajstić information content (AvgIpc) is 2.91. The van der Waals surface area contributed by atoms with Gasteiger partial charge in [0.2, 0.25) is 0 Å². The van der Waals surface area contributed by atoms with Crippen molar-refractivity contribution in [1.29, 1.82) is 0 Å². The smallest absolute Gasteiger partial charge is 0.273 e. The molecule has 1 amide bonds. The summed E-state index contributed by atoms with van der Waals surface area (Å²) in [5.41, 5.74) is 4.51. The summed E-state index contributed by atoms with van der Waals surface area (Å²) in [5.74, 6) is 0.387. The molecule has 1 N–H and O–H groups in total. The number of nitrogens with zero attached hydrogens (tertiary/aromatic N) is 2. The van der Waals surface area contributed by atoms with E-state index in [0.29, 0.717) is 17.2 Å². The Morgan fingerprint density at radius 3 is 2.41 bits per heavy atom. The lowest BCUT2D eigenvalue weighted by Gasteiger charge is -2.16. The van der Waals surface area contributed by atoms with Gasteiger partial charge in [-0.25, -0.2) is 0 Å². The first-order valence-electron chi connectivity index (χ1n) is 11.7. The summed E-state index contributed by atoms with van der Waals surface area (Å²) >= 11 is 7.55. The minimum absolute atomic E-state index is 0.184. The standard InChI is InChI=1S/C28H30ClN3O4S/c1-6-36-32-28(37-22-13-11-21(29)12-14-22)24-15-19(3)25(16-18(24)2)35-17-20-9-7-8-10-23(20)26(31-34-5)27(33)30-4/h7-16H,6,17H2,1-5H3,(H,30,33)/b31-26+,32-28?. The van der Waals surface area contributed by atoms with Crippen molar-refractivity contribution in [2.45, 2.75) is 32.3 Å². The molecule has 194 valence electrons. The van der Waals surface area contributed by atoms with Gasteiger partial charge in [-0.2, -0.15) is 0 Å². The second-order valence-corrected chi connectivity index (χ2v) is 9.45. The lowest BCUT2D eigenvalue weighted by molar-refractivity contribution is -0.114. The van der Waals surface area contributed by atoms with Crippen LogP contribution in [0.15, 0.2) is 75.9 Å². The summed E-state index contributed by atoms with van der Waals surface area (Å²) in [7, 11) is 2.96. The van der Waals surface area contributed by atoms with E-state index in [9.17, 15) is 4.79 Å². The zero-order valence-corrected chi connectivity index (χ0v) is 23.1. The van der Waals surface area contributed by atoms with Gasteiger partial charge in [0, 0.05) is 28.1 Å². The number of nitrogens with one attached hydrogen (secondary N) is 1. The molecule has 0 bridgehead atoms. The summed E-state index contributed by atoms with van der Waals surface area (Å²) in [5, 5.41) is 12.3. The van der Waals surface area contributed by atoms with Gasteiger partial charge >= 0.3 is 0 Å². The number of oxime groups is 2. The second-order valence-electron chi connectivity index (χ2n) is 7.95. The molecule has 0 spiro atoms. The molecule has 0 aliphatic rings. The van der Waals surface area contributed by atoms with E-state index >= 15 is 0 Å². The van der Waals surface area contributed by atoms with Gasteiger partial charge in [0.1, 0.15) is 31.1 Å². The number of carbonyl (C=O) groups excluding carboxylic acids is 1. The van der Waals surface area contributed by atoms with Crippen LogP contribution in [0.3, 0.4) is 0 Å². The van der Waals surface area contributed by atoms with E-state index < -0.39 is 0 Å². The van der Waals surface area contributed by atoms with E-state index in [1.54, 1.807) is 7.05 Å². The molecule has 0 atom stereocenters. The van der Waals surface area contributed by atoms with Crippen LogP contribution in [0.2, 0.25) is 5.02 Å². The van der Waals surface area contributed by atoms with Crippen molar-refractivity contribution < 1.29 is 19.2 Å². The molecule has 0 aromatic heterocycles. The van der Waals surface area contributed by atoms with Crippen molar-refractivity contribution in [2.75, 3.05) is 20.8 Å². The Morgan fingerprint density at radius 1 is 1.00 bits per heavy atom. The fraction of sp³-hybridized carbons (Fsp3) is 0.250. The number of hydrogen-bond donors (Lipinski definition) is 1. The highest BCUT2D eigenvalue weighted by Crippen LogP contribution is 2.31. The van der Waals surface area contributed by atoms with Crippen LogP contribution in [0.25, 0.3) is 0 Å². The monoisotopic (exact) mass is 539 g/mol. The summed E-state index contributed by atoms with van der Waals surface area (Å²) in [6, 6.07) is 19.1. The Morgan fingerprint density at radius 2 is 1.73 bits per heavy atom. The van der Waals surface area contributed by atoms with Crippen LogP contribution in [0.1, 0.15) is 34.7 Å². The van der Waals surface area contributed by atoms with E-state index in [1.807, 2.05) is 81.4 Å². The van der Waals surface area contributed by atoms with Gasteiger partial charge < -0.3 is 19.7 Å². The maximum absolute atomic E-state index is 12.4. The molecule has 0 saturated heterocycles. The van der Waals surface area contributed by atoms with Gasteiger partial charge in [-0.05, 0) is 73.9 Å². The number of benzene rings is 3. The number of aryl methyl sites for hydroxylation is 2. The van der Waals surface area contributed by atoms with Crippen LogP contribution >= 0.6 is 23.4 Å². The third-order valence-electron chi connectivity index (χ3n) is 5.34. The van der Waals surface area contributed by atoms with Gasteiger partial charge in [0.25, 0.3) is 5.91 Å². The Balaban J connectivity index is 1.87. The maximum atomic E-state index is 12.4. The lowest BCUT2D eigenvalue weighted by Crippen LogP contribution is -2.29. The van der Waals surface area contributed by atoms with Gasteiger partial charge in [0.05, 0.1) is 0 Å². The van der Waals surface area contributed by atoms with Gasteiger partial charge in [0.15, 0.2) is 5.71 Å². The molecular weight excluding hydrogens is 510 g/mol. The molecule has 0 unspecified atom stereocenters. The zero-order valence-electron chi connectivity index (χ0n) is 21.5. The van der Waals surface area contributed by atoms with E-state index in [4.69, 9.17) is 26.0 Å². The van der Waals surface area contributed by atoms with Gasteiger partial charge in [-0.15, -0.1) is 0 Å². The predicted octanol–water partition coefficient (Wildman–Crippen LogP) is 6.12. The van der Waals surface area contributed by atoms with Crippen molar-refractivity contribution in [3.8, 4) is 5.75 Å². The fourth-order valence-electron chi connectivity index (χ4n) is 3.49. The second kappa shape index (κ2) is 13.7. The quantitative estimate of drug-likeness (QED) is 0.145. The molecule has 9 heteroatoms. The number of likely N-dealkylation sites (N-methyl/N-ethyl adjacent to an activating group) is 1. The highest BCUT2D eigenvalue weighted by molar-refractivity contribution is 8.14. The van der Waals surface area contributed by atoms with Gasteiger partial charge in [-0.3, -0.25) is 4.79 Å². The number of hydrogen-bond acceptors (Lipinski definition) is 7. The Hall–Kier alpha value is -3.49. The molecule has 0 aliphatic heterocycles. The molecule has 0 radical (unpaired) electrons. The van der Waals surface area contributed by atoms with Crippen molar-refractivity contribution in [3.05, 3.63) is 93.5 Å². The number of amides is 1. The molecule has 3 rings (SSSR count). The van der Waals surface area contributed by atoms with Crippen LogP contribution in [-0.4, -0.2) is 37.4 Å². The molecule has 0 saturated carbocycles. The lowest BCUT2D eigenvalue weighted by atomic mass is 10.0. The molecule has 7 nitrogen and oxygen atoms in total. The summed E-state index contributed by atoms with van der Waals surface area (Å²) in [6.45, 7) is 6.60. The first-order valence-corrected chi connectivity index (χ1v) is 12.9. The molecule has 0 aliphatic carbocycles. The Bertz CT molecular complexity index is 1290. The van der Waals surface area contributed by atoms with Crippen molar-refractivity contribution in [3.63, 3.8) is 0 Å². The van der Waals surface area contributed by atoms with Crippen LogP contribution < -0.4 is 10.1 Å². The van der Waals surface area contributed by atoms with Crippen LogP contribution in [0, 0.1) is 13.8 Å². The van der Waals surface area contributed by atoms with E-state index in [1.165, 1.54) is 18.9 Å². The summed E-state index contributed by atoms with van der Waals surface area (Å²) in [6.07, 6.45) is 0. The van der Waals surface area contributed by atoms with E-state index in [0.717, 1.165) is 37.9 Å². The Labute approximate surface area is 226 Å². The highest BCUT2D eigenvalue weighted by Gasteiger charge is 2.18. The molecular formula is C28H30ClN3O4S. The third kappa shape index (κ3) is 7.50. The maximum Gasteiger partial charge on any atom is 0.273 e. The number of halogens is 1.